The van der Waals surface area contributed by atoms with Gasteiger partial charge in [-0.3, -0.25) is 9.59 Å². The van der Waals surface area contributed by atoms with Crippen LogP contribution in [-0.2, 0) is 4.79 Å². The summed E-state index contributed by atoms with van der Waals surface area (Å²) in [5, 5.41) is 2.68. The van der Waals surface area contributed by atoms with Gasteiger partial charge in [0.05, 0.1) is 6.54 Å². The number of nitrogens with one attached hydrogen (secondary N) is 1. The van der Waals surface area contributed by atoms with Gasteiger partial charge in [0, 0.05) is 24.3 Å². The van der Waals surface area contributed by atoms with Gasteiger partial charge in [-0.25, -0.2) is 4.39 Å². The van der Waals surface area contributed by atoms with Gasteiger partial charge in [-0.2, -0.15) is 0 Å². The molecule has 1 aromatic carbocycles. The highest BCUT2D eigenvalue weighted by atomic mass is 19.1. The molecule has 0 aromatic heterocycles. The quantitative estimate of drug-likeness (QED) is 0.744. The molecule has 0 bridgehead atoms. The highest BCUT2D eigenvalue weighted by Gasteiger charge is 2.17. The molecular formula is C11H11FN2O2. The first-order valence-electron chi connectivity index (χ1n) is 4.96. The Bertz CT molecular complexity index is 434. The number of rotatable bonds is 2. The van der Waals surface area contributed by atoms with Gasteiger partial charge in [0.25, 0.3) is 0 Å². The molecule has 1 fully saturated rings. The second kappa shape index (κ2) is 4.30. The number of hydrogen-bond acceptors (Lipinski definition) is 3. The molecule has 1 heterocycles. The van der Waals surface area contributed by atoms with Crippen LogP contribution in [0.3, 0.4) is 0 Å². The molecule has 1 N–H and O–H groups in total. The number of aldehydes is 1. The normalized spacial score (nSPS) is 15.8. The number of nitrogens with zero attached hydrogens (tertiary/aromatic N) is 1. The zero-order chi connectivity index (χ0) is 11.5. The van der Waals surface area contributed by atoms with Gasteiger partial charge in [0.1, 0.15) is 12.1 Å². The summed E-state index contributed by atoms with van der Waals surface area (Å²) in [6.45, 7) is 1.35. The third kappa shape index (κ3) is 2.18. The minimum Gasteiger partial charge on any atom is -0.360 e. The van der Waals surface area contributed by atoms with Crippen LogP contribution in [0.1, 0.15) is 10.4 Å². The van der Waals surface area contributed by atoms with Crippen LogP contribution in [0, 0.1) is 5.82 Å². The maximum Gasteiger partial charge on any atom is 0.239 e. The Morgan fingerprint density at radius 2 is 2.19 bits per heavy atom. The average molecular weight is 222 g/mol. The van der Waals surface area contributed by atoms with Crippen LogP contribution in [0.15, 0.2) is 18.2 Å². The number of piperazine rings is 1. The number of halogens is 1. The van der Waals surface area contributed by atoms with Crippen LogP contribution in [0.25, 0.3) is 0 Å². The van der Waals surface area contributed by atoms with Crippen molar-refractivity contribution in [2.24, 2.45) is 0 Å². The minimum absolute atomic E-state index is 0.0943. The van der Waals surface area contributed by atoms with Crippen LogP contribution in [-0.4, -0.2) is 31.8 Å². The Labute approximate surface area is 92.0 Å². The number of amides is 1. The Balaban J connectivity index is 2.28. The Morgan fingerprint density at radius 1 is 1.38 bits per heavy atom. The molecule has 0 unspecified atom stereocenters. The lowest BCUT2D eigenvalue weighted by Crippen LogP contribution is -2.47. The van der Waals surface area contributed by atoms with Gasteiger partial charge < -0.3 is 10.2 Å². The number of anilines is 1. The molecule has 1 saturated heterocycles. The van der Waals surface area contributed by atoms with Gasteiger partial charge in [-0.05, 0) is 18.2 Å². The Morgan fingerprint density at radius 3 is 2.88 bits per heavy atom. The van der Waals surface area contributed by atoms with Crippen LogP contribution in [0.2, 0.25) is 0 Å². The maximum absolute atomic E-state index is 13.2. The van der Waals surface area contributed by atoms with E-state index in [9.17, 15) is 14.0 Å². The SMILES string of the molecule is O=Cc1cc(F)cc(N2CCNC(=O)C2)c1. The van der Waals surface area contributed by atoms with Crippen molar-refractivity contribution >= 4 is 17.9 Å². The highest BCUT2D eigenvalue weighted by molar-refractivity contribution is 5.83. The van der Waals surface area contributed by atoms with E-state index in [1.807, 2.05) is 0 Å². The summed E-state index contributed by atoms with van der Waals surface area (Å²) < 4.78 is 13.2. The van der Waals surface area contributed by atoms with E-state index in [0.717, 1.165) is 0 Å². The van der Waals surface area contributed by atoms with Crippen molar-refractivity contribution in [2.45, 2.75) is 0 Å². The fourth-order valence-corrected chi connectivity index (χ4v) is 1.71. The predicted molar refractivity (Wildman–Crippen MR) is 57.0 cm³/mol. The molecule has 4 nitrogen and oxygen atoms in total. The monoisotopic (exact) mass is 222 g/mol. The fraction of sp³-hybridized carbons (Fsp3) is 0.273. The number of carbonyl (C=O) groups excluding carboxylic acids is 2. The standard InChI is InChI=1S/C11H11FN2O2/c12-9-3-8(7-15)4-10(5-9)14-2-1-13-11(16)6-14/h3-5,7H,1-2,6H2,(H,13,16). The van der Waals surface area contributed by atoms with E-state index < -0.39 is 5.82 Å². The van der Waals surface area contributed by atoms with Gasteiger partial charge in [-0.1, -0.05) is 0 Å². The summed E-state index contributed by atoms with van der Waals surface area (Å²) in [5.41, 5.74) is 0.845. The molecule has 0 aliphatic carbocycles. The summed E-state index contributed by atoms with van der Waals surface area (Å²) >= 11 is 0. The van der Waals surface area contributed by atoms with E-state index in [0.29, 0.717) is 25.1 Å². The Hall–Kier alpha value is -1.91. The first-order valence-corrected chi connectivity index (χ1v) is 4.96. The lowest BCUT2D eigenvalue weighted by Gasteiger charge is -2.28. The third-order valence-corrected chi connectivity index (χ3v) is 2.44. The van der Waals surface area contributed by atoms with E-state index in [-0.39, 0.29) is 18.0 Å². The van der Waals surface area contributed by atoms with Crippen LogP contribution < -0.4 is 10.2 Å². The topological polar surface area (TPSA) is 49.4 Å². The second-order valence-corrected chi connectivity index (χ2v) is 3.63. The minimum atomic E-state index is -0.467. The van der Waals surface area contributed by atoms with Crippen molar-refractivity contribution in [3.63, 3.8) is 0 Å². The number of carbonyl (C=O) groups is 2. The van der Waals surface area contributed by atoms with Crippen molar-refractivity contribution < 1.29 is 14.0 Å². The summed E-state index contributed by atoms with van der Waals surface area (Å²) in [4.78, 5) is 23.5. The lowest BCUT2D eigenvalue weighted by molar-refractivity contribution is -0.120. The van der Waals surface area contributed by atoms with Crippen LogP contribution in [0.5, 0.6) is 0 Å². The van der Waals surface area contributed by atoms with E-state index in [1.165, 1.54) is 12.1 Å². The molecule has 0 radical (unpaired) electrons. The molecule has 16 heavy (non-hydrogen) atoms. The predicted octanol–water partition coefficient (Wildman–Crippen LogP) is 0.574. The van der Waals surface area contributed by atoms with Gasteiger partial charge in [-0.15, -0.1) is 0 Å². The summed E-state index contributed by atoms with van der Waals surface area (Å²) in [6, 6.07) is 4.07. The van der Waals surface area contributed by atoms with Gasteiger partial charge >= 0.3 is 0 Å². The molecule has 1 aliphatic heterocycles. The smallest absolute Gasteiger partial charge is 0.239 e. The highest BCUT2D eigenvalue weighted by Crippen LogP contribution is 2.18. The van der Waals surface area contributed by atoms with Crippen LogP contribution >= 0.6 is 0 Å². The van der Waals surface area contributed by atoms with E-state index in [2.05, 4.69) is 5.32 Å². The molecule has 0 saturated carbocycles. The molecule has 1 aromatic rings. The first kappa shape index (κ1) is 10.6. The molecule has 1 amide bonds. The molecule has 0 spiro atoms. The van der Waals surface area contributed by atoms with Crippen molar-refractivity contribution in [2.75, 3.05) is 24.5 Å². The van der Waals surface area contributed by atoms with E-state index >= 15 is 0 Å². The summed E-state index contributed by atoms with van der Waals surface area (Å²) in [6.07, 6.45) is 0.594. The van der Waals surface area contributed by atoms with Crippen molar-refractivity contribution in [1.82, 2.24) is 5.32 Å². The van der Waals surface area contributed by atoms with Crippen LogP contribution in [0.4, 0.5) is 10.1 Å². The molecular weight excluding hydrogens is 211 g/mol. The van der Waals surface area contributed by atoms with Gasteiger partial charge in [0.2, 0.25) is 5.91 Å². The second-order valence-electron chi connectivity index (χ2n) is 3.63. The fourth-order valence-electron chi connectivity index (χ4n) is 1.71. The third-order valence-electron chi connectivity index (χ3n) is 2.44. The van der Waals surface area contributed by atoms with Gasteiger partial charge in [0.15, 0.2) is 0 Å². The maximum atomic E-state index is 13.2. The summed E-state index contributed by atoms with van der Waals surface area (Å²) in [5.74, 6) is -0.561. The first-order chi connectivity index (χ1) is 7.69. The van der Waals surface area contributed by atoms with Crippen molar-refractivity contribution in [1.29, 1.82) is 0 Å². The van der Waals surface area contributed by atoms with Crippen molar-refractivity contribution in [3.8, 4) is 0 Å². The number of hydrogen-bond donors (Lipinski definition) is 1. The molecule has 0 atom stereocenters. The van der Waals surface area contributed by atoms with E-state index in [4.69, 9.17) is 0 Å². The molecule has 84 valence electrons. The summed E-state index contributed by atoms with van der Waals surface area (Å²) in [7, 11) is 0. The average Bonchev–Trinajstić information content (AvgIpc) is 2.28. The van der Waals surface area contributed by atoms with E-state index in [1.54, 1.807) is 11.0 Å². The molecule has 5 heteroatoms. The largest absolute Gasteiger partial charge is 0.360 e. The Kier molecular flexibility index (Phi) is 2.85. The zero-order valence-electron chi connectivity index (χ0n) is 8.57. The number of benzene rings is 1. The zero-order valence-corrected chi connectivity index (χ0v) is 8.57. The molecule has 1 aliphatic rings. The lowest BCUT2D eigenvalue weighted by atomic mass is 10.2. The van der Waals surface area contributed by atoms with Crippen molar-refractivity contribution in [3.05, 3.63) is 29.6 Å². The molecule has 2 rings (SSSR count).